The quantitative estimate of drug-likeness (QED) is 0.648. The largest absolute Gasteiger partial charge is 0.496 e. The molecule has 27 heavy (non-hydrogen) atoms. The molecule has 0 aromatic heterocycles. The average molecular weight is 386 g/mol. The number of hydrogen-bond acceptors (Lipinski definition) is 3. The molecule has 2 aromatic rings. The molecular formula is C23H31NO2S. The summed E-state index contributed by atoms with van der Waals surface area (Å²) in [6.45, 7) is 10.5. The summed E-state index contributed by atoms with van der Waals surface area (Å²) in [4.78, 5) is 12.4. The summed E-state index contributed by atoms with van der Waals surface area (Å²) in [7, 11) is 1.71. The number of ether oxygens (including phenoxy) is 1. The van der Waals surface area contributed by atoms with Crippen molar-refractivity contribution in [1.29, 1.82) is 0 Å². The smallest absolute Gasteiger partial charge is 0.230 e. The molecule has 0 saturated heterocycles. The van der Waals surface area contributed by atoms with Gasteiger partial charge in [-0.1, -0.05) is 43.7 Å². The lowest BCUT2D eigenvalue weighted by Gasteiger charge is -2.21. The van der Waals surface area contributed by atoms with Gasteiger partial charge < -0.3 is 10.1 Å². The molecule has 3 nitrogen and oxygen atoms in total. The van der Waals surface area contributed by atoms with Crippen LogP contribution in [0.25, 0.3) is 0 Å². The van der Waals surface area contributed by atoms with Crippen LogP contribution >= 0.6 is 11.8 Å². The van der Waals surface area contributed by atoms with Gasteiger partial charge in [0.25, 0.3) is 0 Å². The van der Waals surface area contributed by atoms with Crippen LogP contribution in [-0.2, 0) is 10.5 Å². The van der Waals surface area contributed by atoms with Crippen LogP contribution in [0.15, 0.2) is 36.4 Å². The van der Waals surface area contributed by atoms with Crippen molar-refractivity contribution < 1.29 is 9.53 Å². The van der Waals surface area contributed by atoms with Crippen LogP contribution in [0, 0.1) is 13.8 Å². The molecule has 0 heterocycles. The highest BCUT2D eigenvalue weighted by Crippen LogP contribution is 2.32. The molecule has 1 amide bonds. The van der Waals surface area contributed by atoms with Gasteiger partial charge in [0, 0.05) is 5.75 Å². The zero-order chi connectivity index (χ0) is 20.0. The molecule has 0 aliphatic rings. The maximum atomic E-state index is 12.4. The lowest BCUT2D eigenvalue weighted by molar-refractivity contribution is -0.119. The Labute approximate surface area is 167 Å². The van der Waals surface area contributed by atoms with Crippen LogP contribution in [0.5, 0.6) is 5.75 Å². The van der Waals surface area contributed by atoms with Gasteiger partial charge in [-0.2, -0.15) is 0 Å². The predicted molar refractivity (Wildman–Crippen MR) is 116 cm³/mol. The first-order valence-corrected chi connectivity index (χ1v) is 10.6. The minimum Gasteiger partial charge on any atom is -0.496 e. The minimum absolute atomic E-state index is 0.0270. The fourth-order valence-corrected chi connectivity index (χ4v) is 3.92. The first-order chi connectivity index (χ1) is 12.8. The number of benzene rings is 2. The highest BCUT2D eigenvalue weighted by atomic mass is 32.2. The van der Waals surface area contributed by atoms with Crippen molar-refractivity contribution in [3.05, 3.63) is 64.2 Å². The molecule has 0 unspecified atom stereocenters. The van der Waals surface area contributed by atoms with E-state index in [0.29, 0.717) is 11.7 Å². The minimum atomic E-state index is -0.0270. The fourth-order valence-electron chi connectivity index (χ4n) is 3.12. The Hall–Kier alpha value is -1.94. The third kappa shape index (κ3) is 6.03. The molecule has 0 aliphatic heterocycles. The van der Waals surface area contributed by atoms with E-state index in [9.17, 15) is 4.79 Å². The molecule has 1 atom stereocenters. The van der Waals surface area contributed by atoms with E-state index in [1.54, 1.807) is 18.9 Å². The van der Waals surface area contributed by atoms with Gasteiger partial charge in [-0.05, 0) is 61.1 Å². The standard InChI is InChI=1S/C23H31NO2S/c1-15(2)20-12-21(17(4)11-22(20)26-6)18(5)24-23(25)14-27-13-19-9-7-16(3)8-10-19/h7-12,15,18H,13-14H2,1-6H3,(H,24,25)/t18-/m1/s1. The summed E-state index contributed by atoms with van der Waals surface area (Å²) < 4.78 is 5.52. The molecule has 0 aliphatic carbocycles. The van der Waals surface area contributed by atoms with Crippen LogP contribution in [0.3, 0.4) is 0 Å². The summed E-state index contributed by atoms with van der Waals surface area (Å²) in [5, 5.41) is 3.14. The normalized spacial score (nSPS) is 12.1. The number of rotatable bonds is 8. The maximum absolute atomic E-state index is 12.4. The Morgan fingerprint density at radius 3 is 2.33 bits per heavy atom. The van der Waals surface area contributed by atoms with Crippen LogP contribution in [0.2, 0.25) is 0 Å². The second kappa shape index (κ2) is 9.84. The molecule has 0 bridgehead atoms. The number of nitrogens with one attached hydrogen (secondary N) is 1. The van der Waals surface area contributed by atoms with Crippen molar-refractivity contribution >= 4 is 17.7 Å². The highest BCUT2D eigenvalue weighted by Gasteiger charge is 2.16. The van der Waals surface area contributed by atoms with Gasteiger partial charge in [-0.3, -0.25) is 4.79 Å². The molecule has 0 saturated carbocycles. The van der Waals surface area contributed by atoms with Gasteiger partial charge in [0.05, 0.1) is 18.9 Å². The van der Waals surface area contributed by atoms with E-state index < -0.39 is 0 Å². The second-order valence-corrected chi connectivity index (χ2v) is 8.36. The summed E-state index contributed by atoms with van der Waals surface area (Å²) in [6.07, 6.45) is 0. The number of methoxy groups -OCH3 is 1. The fraction of sp³-hybridized carbons (Fsp3) is 0.435. The molecule has 0 spiro atoms. The lowest BCUT2D eigenvalue weighted by atomic mass is 9.93. The molecule has 0 radical (unpaired) electrons. The van der Waals surface area contributed by atoms with Crippen LogP contribution < -0.4 is 10.1 Å². The summed E-state index contributed by atoms with van der Waals surface area (Å²) in [6, 6.07) is 12.7. The Morgan fingerprint density at radius 2 is 1.74 bits per heavy atom. The number of hydrogen-bond donors (Lipinski definition) is 1. The second-order valence-electron chi connectivity index (χ2n) is 7.37. The molecule has 2 rings (SSSR count). The third-order valence-electron chi connectivity index (χ3n) is 4.71. The van der Waals surface area contributed by atoms with E-state index in [1.807, 2.05) is 6.92 Å². The van der Waals surface area contributed by atoms with Gasteiger partial charge in [0.15, 0.2) is 0 Å². The molecule has 146 valence electrons. The summed E-state index contributed by atoms with van der Waals surface area (Å²) >= 11 is 1.64. The first-order valence-electron chi connectivity index (χ1n) is 9.43. The van der Waals surface area contributed by atoms with Gasteiger partial charge >= 0.3 is 0 Å². The summed E-state index contributed by atoms with van der Waals surface area (Å²) in [5.41, 5.74) is 5.96. The average Bonchev–Trinajstić information content (AvgIpc) is 2.62. The lowest BCUT2D eigenvalue weighted by Crippen LogP contribution is -2.28. The van der Waals surface area contributed by atoms with Gasteiger partial charge in [0.2, 0.25) is 5.91 Å². The van der Waals surface area contributed by atoms with Crippen molar-refractivity contribution in [2.45, 2.75) is 52.3 Å². The molecule has 4 heteroatoms. The number of carbonyl (C=O) groups is 1. The number of thioether (sulfide) groups is 1. The van der Waals surface area contributed by atoms with Gasteiger partial charge in [-0.15, -0.1) is 11.8 Å². The van der Waals surface area contributed by atoms with E-state index in [4.69, 9.17) is 4.74 Å². The van der Waals surface area contributed by atoms with E-state index >= 15 is 0 Å². The number of amides is 1. The maximum Gasteiger partial charge on any atom is 0.230 e. The van der Waals surface area contributed by atoms with Crippen molar-refractivity contribution in [3.8, 4) is 5.75 Å². The van der Waals surface area contributed by atoms with E-state index in [0.717, 1.165) is 22.6 Å². The van der Waals surface area contributed by atoms with Crippen LogP contribution in [0.1, 0.15) is 60.5 Å². The monoisotopic (exact) mass is 385 g/mol. The summed E-state index contributed by atoms with van der Waals surface area (Å²) in [5.74, 6) is 2.66. The van der Waals surface area contributed by atoms with Crippen LogP contribution in [0.4, 0.5) is 0 Å². The predicted octanol–water partition coefficient (Wildman–Crippen LogP) is 5.55. The van der Waals surface area contributed by atoms with Crippen molar-refractivity contribution in [2.24, 2.45) is 0 Å². The van der Waals surface area contributed by atoms with Crippen LogP contribution in [-0.4, -0.2) is 18.8 Å². The SMILES string of the molecule is COc1cc(C)c([C@@H](C)NC(=O)CSCc2ccc(C)cc2)cc1C(C)C. The zero-order valence-corrected chi connectivity index (χ0v) is 18.1. The Kier molecular flexibility index (Phi) is 7.78. The molecule has 1 N–H and O–H groups in total. The highest BCUT2D eigenvalue weighted by molar-refractivity contribution is 7.99. The van der Waals surface area contributed by atoms with E-state index in [-0.39, 0.29) is 11.9 Å². The number of aryl methyl sites for hydroxylation is 2. The van der Waals surface area contributed by atoms with Crippen molar-refractivity contribution in [3.63, 3.8) is 0 Å². The van der Waals surface area contributed by atoms with E-state index in [1.165, 1.54) is 16.7 Å². The van der Waals surface area contributed by atoms with E-state index in [2.05, 4.69) is 69.4 Å². The third-order valence-corrected chi connectivity index (χ3v) is 5.71. The van der Waals surface area contributed by atoms with Gasteiger partial charge in [0.1, 0.15) is 5.75 Å². The Bertz CT molecular complexity index is 769. The van der Waals surface area contributed by atoms with Crippen molar-refractivity contribution in [2.75, 3.05) is 12.9 Å². The zero-order valence-electron chi connectivity index (χ0n) is 17.3. The molecule has 0 fully saturated rings. The number of carbonyl (C=O) groups excluding carboxylic acids is 1. The molecule has 2 aromatic carbocycles. The first kappa shape index (κ1) is 21.4. The Morgan fingerprint density at radius 1 is 1.07 bits per heavy atom. The van der Waals surface area contributed by atoms with Gasteiger partial charge in [-0.25, -0.2) is 0 Å². The Balaban J connectivity index is 1.95. The van der Waals surface area contributed by atoms with Crippen molar-refractivity contribution in [1.82, 2.24) is 5.32 Å². The molecular weight excluding hydrogens is 354 g/mol. The topological polar surface area (TPSA) is 38.3 Å².